The summed E-state index contributed by atoms with van der Waals surface area (Å²) >= 11 is 0. The minimum Gasteiger partial charge on any atom is -0.378 e. The predicted octanol–water partition coefficient (Wildman–Crippen LogP) is 2.59. The lowest BCUT2D eigenvalue weighted by Crippen LogP contribution is -2.45. The first-order chi connectivity index (χ1) is 12.0. The van der Waals surface area contributed by atoms with Crippen LogP contribution in [0.3, 0.4) is 0 Å². The van der Waals surface area contributed by atoms with Crippen molar-refractivity contribution in [1.29, 1.82) is 0 Å². The molecule has 1 heterocycles. The molecule has 0 bridgehead atoms. The molecule has 0 aliphatic carbocycles. The van der Waals surface area contributed by atoms with Gasteiger partial charge in [0.05, 0.1) is 0 Å². The van der Waals surface area contributed by atoms with Crippen molar-refractivity contribution in [3.05, 3.63) is 29.8 Å². The number of anilines is 1. The number of likely N-dealkylation sites (tertiary alicyclic amines) is 1. The number of nitrogens with one attached hydrogen (secondary N) is 1. The van der Waals surface area contributed by atoms with Crippen LogP contribution in [0.25, 0.3) is 0 Å². The molecule has 5 heteroatoms. The number of carbonyl (C=O) groups excluding carboxylic acids is 2. The van der Waals surface area contributed by atoms with Crippen LogP contribution in [0, 0.1) is 0 Å². The summed E-state index contributed by atoms with van der Waals surface area (Å²) in [6.07, 6.45) is 5.48. The smallest absolute Gasteiger partial charge is 0.223 e. The average molecular weight is 345 g/mol. The average Bonchev–Trinajstić information content (AvgIpc) is 2.60. The van der Waals surface area contributed by atoms with Gasteiger partial charge in [0.1, 0.15) is 0 Å². The first-order valence-corrected chi connectivity index (χ1v) is 9.27. The lowest BCUT2D eigenvalue weighted by molar-refractivity contribution is -0.134. The van der Waals surface area contributed by atoms with E-state index in [1.807, 2.05) is 19.0 Å². The number of aryl methyl sites for hydroxylation is 1. The van der Waals surface area contributed by atoms with E-state index in [1.54, 1.807) is 0 Å². The van der Waals surface area contributed by atoms with Crippen LogP contribution in [0.2, 0.25) is 0 Å². The molecule has 0 spiro atoms. The third-order valence-electron chi connectivity index (χ3n) is 4.88. The molecule has 0 unspecified atom stereocenters. The van der Waals surface area contributed by atoms with Gasteiger partial charge >= 0.3 is 0 Å². The molecule has 0 saturated carbocycles. The first kappa shape index (κ1) is 19.3. The second kappa shape index (κ2) is 9.44. The normalized spacial score (nSPS) is 17.2. The molecule has 1 aromatic carbocycles. The summed E-state index contributed by atoms with van der Waals surface area (Å²) in [7, 11) is 4.05. The number of hydrogen-bond acceptors (Lipinski definition) is 3. The van der Waals surface area contributed by atoms with Crippen LogP contribution in [0.4, 0.5) is 5.69 Å². The van der Waals surface area contributed by atoms with Crippen molar-refractivity contribution >= 4 is 17.5 Å². The number of rotatable bonds is 7. The van der Waals surface area contributed by atoms with Crippen molar-refractivity contribution in [3.8, 4) is 0 Å². The molecule has 1 atom stereocenters. The molecule has 1 N–H and O–H groups in total. The molecule has 1 aliphatic rings. The fraction of sp³-hybridized carbons (Fsp3) is 0.600. The summed E-state index contributed by atoms with van der Waals surface area (Å²) < 4.78 is 0. The lowest BCUT2D eigenvalue weighted by atomic mass is 9.98. The number of hydrogen-bond donors (Lipinski definition) is 1. The largest absolute Gasteiger partial charge is 0.378 e. The van der Waals surface area contributed by atoms with Gasteiger partial charge in [-0.05, 0) is 49.8 Å². The molecular formula is C20H31N3O2. The Morgan fingerprint density at radius 2 is 1.92 bits per heavy atom. The predicted molar refractivity (Wildman–Crippen MR) is 102 cm³/mol. The highest BCUT2D eigenvalue weighted by Crippen LogP contribution is 2.21. The van der Waals surface area contributed by atoms with E-state index in [9.17, 15) is 9.59 Å². The topological polar surface area (TPSA) is 52.7 Å². The van der Waals surface area contributed by atoms with Crippen molar-refractivity contribution in [2.45, 2.75) is 51.5 Å². The van der Waals surface area contributed by atoms with E-state index in [2.05, 4.69) is 34.5 Å². The van der Waals surface area contributed by atoms with Gasteiger partial charge in [0.25, 0.3) is 0 Å². The zero-order chi connectivity index (χ0) is 18.2. The summed E-state index contributed by atoms with van der Waals surface area (Å²) in [5.74, 6) is 0.235. The second-order valence-corrected chi connectivity index (χ2v) is 7.07. The number of amides is 2. The fourth-order valence-electron chi connectivity index (χ4n) is 3.40. The van der Waals surface area contributed by atoms with Gasteiger partial charge in [-0.3, -0.25) is 9.59 Å². The van der Waals surface area contributed by atoms with Crippen LogP contribution in [0.15, 0.2) is 24.3 Å². The minimum atomic E-state index is -0.00476. The molecule has 0 radical (unpaired) electrons. The quantitative estimate of drug-likeness (QED) is 0.826. The van der Waals surface area contributed by atoms with E-state index in [4.69, 9.17) is 0 Å². The Morgan fingerprint density at radius 3 is 2.56 bits per heavy atom. The van der Waals surface area contributed by atoms with Crippen molar-refractivity contribution in [2.24, 2.45) is 0 Å². The van der Waals surface area contributed by atoms with Crippen LogP contribution in [0.1, 0.15) is 44.6 Å². The Morgan fingerprint density at radius 1 is 1.20 bits per heavy atom. The summed E-state index contributed by atoms with van der Waals surface area (Å²) in [4.78, 5) is 27.8. The molecule has 138 valence electrons. The van der Waals surface area contributed by atoms with Crippen LogP contribution >= 0.6 is 0 Å². The van der Waals surface area contributed by atoms with Gasteiger partial charge in [-0.1, -0.05) is 12.1 Å². The SMILES string of the molecule is CC(=O)NCC[C@H]1CCCCN1C(=O)CCc1ccc(N(C)C)cc1. The molecule has 2 amide bonds. The molecule has 25 heavy (non-hydrogen) atoms. The molecule has 2 rings (SSSR count). The lowest BCUT2D eigenvalue weighted by Gasteiger charge is -2.36. The van der Waals surface area contributed by atoms with Gasteiger partial charge in [0.2, 0.25) is 11.8 Å². The van der Waals surface area contributed by atoms with Crippen LogP contribution in [-0.4, -0.2) is 49.9 Å². The third-order valence-corrected chi connectivity index (χ3v) is 4.88. The highest BCUT2D eigenvalue weighted by atomic mass is 16.2. The third kappa shape index (κ3) is 6.07. The Bertz CT molecular complexity index is 569. The summed E-state index contributed by atoms with van der Waals surface area (Å²) in [5.41, 5.74) is 2.37. The second-order valence-electron chi connectivity index (χ2n) is 7.07. The van der Waals surface area contributed by atoms with Gasteiger partial charge in [-0.2, -0.15) is 0 Å². The van der Waals surface area contributed by atoms with Crippen molar-refractivity contribution in [1.82, 2.24) is 10.2 Å². The van der Waals surface area contributed by atoms with Crippen LogP contribution < -0.4 is 10.2 Å². The van der Waals surface area contributed by atoms with Crippen LogP contribution in [0.5, 0.6) is 0 Å². The summed E-state index contributed by atoms with van der Waals surface area (Å²) in [6.45, 7) is 3.03. The fourth-order valence-corrected chi connectivity index (χ4v) is 3.40. The Kier molecular flexibility index (Phi) is 7.29. The van der Waals surface area contributed by atoms with Gasteiger partial charge in [0, 0.05) is 52.3 Å². The molecule has 1 aromatic rings. The molecular weight excluding hydrogens is 314 g/mol. The maximum atomic E-state index is 12.7. The van der Waals surface area contributed by atoms with Crippen molar-refractivity contribution in [3.63, 3.8) is 0 Å². The Balaban J connectivity index is 1.85. The van der Waals surface area contributed by atoms with E-state index in [0.29, 0.717) is 13.0 Å². The first-order valence-electron chi connectivity index (χ1n) is 9.27. The number of carbonyl (C=O) groups is 2. The van der Waals surface area contributed by atoms with Gasteiger partial charge in [-0.25, -0.2) is 0 Å². The highest BCUT2D eigenvalue weighted by Gasteiger charge is 2.25. The zero-order valence-corrected chi connectivity index (χ0v) is 15.8. The van der Waals surface area contributed by atoms with E-state index in [-0.39, 0.29) is 17.9 Å². The van der Waals surface area contributed by atoms with E-state index in [1.165, 1.54) is 24.6 Å². The summed E-state index contributed by atoms with van der Waals surface area (Å²) in [5, 5.41) is 2.84. The summed E-state index contributed by atoms with van der Waals surface area (Å²) in [6, 6.07) is 8.66. The van der Waals surface area contributed by atoms with E-state index >= 15 is 0 Å². The Labute approximate surface area is 151 Å². The van der Waals surface area contributed by atoms with Gasteiger partial charge < -0.3 is 15.1 Å². The van der Waals surface area contributed by atoms with Crippen molar-refractivity contribution in [2.75, 3.05) is 32.1 Å². The highest BCUT2D eigenvalue weighted by molar-refractivity contribution is 5.77. The number of piperidine rings is 1. The van der Waals surface area contributed by atoms with E-state index < -0.39 is 0 Å². The molecule has 0 aromatic heterocycles. The molecule has 1 fully saturated rings. The van der Waals surface area contributed by atoms with Crippen LogP contribution in [-0.2, 0) is 16.0 Å². The standard InChI is InChI=1S/C20H31N3O2/c1-16(24)21-14-13-19-6-4-5-15-23(19)20(25)12-9-17-7-10-18(11-8-17)22(2)3/h7-8,10-11,19H,4-6,9,12-15H2,1-3H3,(H,21,24)/t19-/m1/s1. The molecule has 1 saturated heterocycles. The maximum absolute atomic E-state index is 12.7. The molecule has 1 aliphatic heterocycles. The maximum Gasteiger partial charge on any atom is 0.223 e. The Hall–Kier alpha value is -2.04. The minimum absolute atomic E-state index is 0.00476. The monoisotopic (exact) mass is 345 g/mol. The zero-order valence-electron chi connectivity index (χ0n) is 15.8. The van der Waals surface area contributed by atoms with Gasteiger partial charge in [-0.15, -0.1) is 0 Å². The van der Waals surface area contributed by atoms with E-state index in [0.717, 1.165) is 32.2 Å². The van der Waals surface area contributed by atoms with Crippen molar-refractivity contribution < 1.29 is 9.59 Å². The number of nitrogens with zero attached hydrogens (tertiary/aromatic N) is 2. The number of benzene rings is 1. The molecule has 5 nitrogen and oxygen atoms in total. The van der Waals surface area contributed by atoms with Gasteiger partial charge in [0.15, 0.2) is 0 Å².